The molecule has 0 aliphatic carbocycles. The van der Waals surface area contributed by atoms with Gasteiger partial charge in [0.1, 0.15) is 5.75 Å². The molecule has 2 fully saturated rings. The molecule has 2 saturated heterocycles. The number of amides is 1. The van der Waals surface area contributed by atoms with Gasteiger partial charge in [0.05, 0.1) is 20.1 Å². The number of rotatable bonds is 4. The quantitative estimate of drug-likeness (QED) is 0.917. The fourth-order valence-corrected chi connectivity index (χ4v) is 3.54. The Bertz CT molecular complexity index is 601. The molecule has 0 bridgehead atoms. The monoisotopic (exact) mass is 338 g/mol. The molecule has 0 spiro atoms. The van der Waals surface area contributed by atoms with Crippen LogP contribution in [0.15, 0.2) is 18.2 Å². The smallest absolute Gasteiger partial charge is 0.267 e. The summed E-state index contributed by atoms with van der Waals surface area (Å²) in [5, 5.41) is 3.35. The van der Waals surface area contributed by atoms with Gasteiger partial charge in [0.2, 0.25) is 5.91 Å². The largest absolute Gasteiger partial charge is 0.496 e. The lowest BCUT2D eigenvalue weighted by Crippen LogP contribution is -2.32. The van der Waals surface area contributed by atoms with Gasteiger partial charge in [-0.05, 0) is 43.5 Å². The average Bonchev–Trinajstić information content (AvgIpc) is 2.96. The van der Waals surface area contributed by atoms with E-state index in [1.54, 1.807) is 7.11 Å². The van der Waals surface area contributed by atoms with Crippen LogP contribution in [-0.2, 0) is 11.2 Å². The number of benzene rings is 1. The molecule has 1 N–H and O–H groups in total. The van der Waals surface area contributed by atoms with E-state index in [0.717, 1.165) is 31.5 Å². The minimum atomic E-state index is -2.75. The summed E-state index contributed by atoms with van der Waals surface area (Å²) in [6, 6.07) is 5.94. The van der Waals surface area contributed by atoms with Gasteiger partial charge in [-0.1, -0.05) is 12.1 Å². The van der Waals surface area contributed by atoms with Gasteiger partial charge in [-0.3, -0.25) is 4.79 Å². The molecule has 0 saturated carbocycles. The van der Waals surface area contributed by atoms with E-state index in [1.807, 2.05) is 18.2 Å². The highest BCUT2D eigenvalue weighted by Crippen LogP contribution is 2.31. The van der Waals surface area contributed by atoms with Gasteiger partial charge in [-0.2, -0.15) is 0 Å². The Kier molecular flexibility index (Phi) is 5.04. The van der Waals surface area contributed by atoms with Crippen molar-refractivity contribution in [1.29, 1.82) is 0 Å². The van der Waals surface area contributed by atoms with Crippen molar-refractivity contribution in [2.24, 2.45) is 0 Å². The summed E-state index contributed by atoms with van der Waals surface area (Å²) >= 11 is 0. The molecule has 132 valence electrons. The lowest BCUT2D eigenvalue weighted by atomic mass is 9.89. The molecule has 0 unspecified atom stereocenters. The maximum Gasteiger partial charge on any atom is 0.267 e. The number of piperidine rings is 1. The van der Waals surface area contributed by atoms with E-state index in [2.05, 4.69) is 5.32 Å². The zero-order chi connectivity index (χ0) is 17.2. The highest BCUT2D eigenvalue weighted by molar-refractivity contribution is 5.80. The number of hydrogen-bond donors (Lipinski definition) is 1. The molecule has 0 aromatic heterocycles. The SMILES string of the molecule is COc1cc(C2CCNCC2)ccc1CC(=O)N1CCC(F)(F)C1. The van der Waals surface area contributed by atoms with Gasteiger partial charge >= 0.3 is 0 Å². The second-order valence-corrected chi connectivity index (χ2v) is 6.69. The van der Waals surface area contributed by atoms with Gasteiger partial charge in [-0.15, -0.1) is 0 Å². The zero-order valence-electron chi connectivity index (χ0n) is 14.0. The van der Waals surface area contributed by atoms with Crippen LogP contribution in [0.1, 0.15) is 36.3 Å². The zero-order valence-corrected chi connectivity index (χ0v) is 14.0. The van der Waals surface area contributed by atoms with Crippen molar-refractivity contribution in [3.63, 3.8) is 0 Å². The molecule has 1 aromatic rings. The summed E-state index contributed by atoms with van der Waals surface area (Å²) in [6.45, 7) is 1.68. The number of alkyl halides is 2. The lowest BCUT2D eigenvalue weighted by molar-refractivity contribution is -0.130. The summed E-state index contributed by atoms with van der Waals surface area (Å²) in [4.78, 5) is 13.5. The van der Waals surface area contributed by atoms with E-state index in [0.29, 0.717) is 11.7 Å². The van der Waals surface area contributed by atoms with E-state index >= 15 is 0 Å². The number of nitrogens with one attached hydrogen (secondary N) is 1. The van der Waals surface area contributed by atoms with Crippen LogP contribution < -0.4 is 10.1 Å². The minimum absolute atomic E-state index is 0.103. The molecule has 2 aliphatic rings. The second-order valence-electron chi connectivity index (χ2n) is 6.69. The van der Waals surface area contributed by atoms with Gasteiger partial charge in [0.25, 0.3) is 5.92 Å². The number of methoxy groups -OCH3 is 1. The number of hydrogen-bond acceptors (Lipinski definition) is 3. The summed E-state index contributed by atoms with van der Waals surface area (Å²) in [6.07, 6.45) is 2.03. The Morgan fingerprint density at radius 2 is 2.12 bits per heavy atom. The third kappa shape index (κ3) is 3.86. The topological polar surface area (TPSA) is 41.6 Å². The molecule has 6 heteroatoms. The van der Waals surface area contributed by atoms with Crippen molar-refractivity contribution < 1.29 is 18.3 Å². The van der Waals surface area contributed by atoms with Crippen molar-refractivity contribution in [1.82, 2.24) is 10.2 Å². The third-order valence-electron chi connectivity index (χ3n) is 4.99. The van der Waals surface area contributed by atoms with Crippen LogP contribution in [0, 0.1) is 0 Å². The molecule has 0 atom stereocenters. The predicted octanol–water partition coefficient (Wildman–Crippen LogP) is 2.57. The molecule has 2 aliphatic heterocycles. The first kappa shape index (κ1) is 17.1. The highest BCUT2D eigenvalue weighted by atomic mass is 19.3. The molecular formula is C18H24F2N2O2. The Morgan fingerprint density at radius 3 is 2.75 bits per heavy atom. The summed E-state index contributed by atoms with van der Waals surface area (Å²) in [5.41, 5.74) is 1.98. The molecular weight excluding hydrogens is 314 g/mol. The van der Waals surface area contributed by atoms with Crippen LogP contribution in [0.5, 0.6) is 5.75 Å². The summed E-state index contributed by atoms with van der Waals surface area (Å²) < 4.78 is 32.0. The third-order valence-corrected chi connectivity index (χ3v) is 4.99. The Morgan fingerprint density at radius 1 is 1.38 bits per heavy atom. The van der Waals surface area contributed by atoms with Crippen LogP contribution in [0.3, 0.4) is 0 Å². The molecule has 3 rings (SSSR count). The van der Waals surface area contributed by atoms with E-state index in [1.165, 1.54) is 10.5 Å². The highest BCUT2D eigenvalue weighted by Gasteiger charge is 2.40. The normalized spacial score (nSPS) is 21.0. The fourth-order valence-electron chi connectivity index (χ4n) is 3.54. The number of carbonyl (C=O) groups is 1. The molecule has 24 heavy (non-hydrogen) atoms. The first-order valence-corrected chi connectivity index (χ1v) is 8.52. The molecule has 4 nitrogen and oxygen atoms in total. The number of halogens is 2. The van der Waals surface area contributed by atoms with E-state index < -0.39 is 12.5 Å². The van der Waals surface area contributed by atoms with Crippen molar-refractivity contribution in [2.45, 2.75) is 37.5 Å². The first-order valence-electron chi connectivity index (χ1n) is 8.52. The number of carbonyl (C=O) groups excluding carboxylic acids is 1. The minimum Gasteiger partial charge on any atom is -0.496 e. The van der Waals surface area contributed by atoms with E-state index in [4.69, 9.17) is 4.74 Å². The van der Waals surface area contributed by atoms with Crippen molar-refractivity contribution in [3.8, 4) is 5.75 Å². The number of likely N-dealkylation sites (tertiary alicyclic amines) is 1. The molecule has 1 amide bonds. The summed E-state index contributed by atoms with van der Waals surface area (Å²) in [7, 11) is 1.58. The van der Waals surface area contributed by atoms with Gasteiger partial charge in [-0.25, -0.2) is 8.78 Å². The summed E-state index contributed by atoms with van der Waals surface area (Å²) in [5.74, 6) is -1.84. The van der Waals surface area contributed by atoms with Crippen LogP contribution in [0.2, 0.25) is 0 Å². The first-order chi connectivity index (χ1) is 11.5. The van der Waals surface area contributed by atoms with E-state index in [9.17, 15) is 13.6 Å². The van der Waals surface area contributed by atoms with Crippen LogP contribution >= 0.6 is 0 Å². The van der Waals surface area contributed by atoms with Crippen LogP contribution in [0.25, 0.3) is 0 Å². The van der Waals surface area contributed by atoms with Gasteiger partial charge in [0, 0.05) is 18.5 Å². The Balaban J connectivity index is 1.70. The fraction of sp³-hybridized carbons (Fsp3) is 0.611. The maximum absolute atomic E-state index is 13.3. The Hall–Kier alpha value is -1.69. The maximum atomic E-state index is 13.3. The molecule has 1 aromatic carbocycles. The van der Waals surface area contributed by atoms with Crippen molar-refractivity contribution >= 4 is 5.91 Å². The second kappa shape index (κ2) is 7.05. The molecule has 0 radical (unpaired) electrons. The lowest BCUT2D eigenvalue weighted by Gasteiger charge is -2.24. The number of nitrogens with zero attached hydrogens (tertiary/aromatic N) is 1. The van der Waals surface area contributed by atoms with Gasteiger partial charge < -0.3 is 15.0 Å². The average molecular weight is 338 g/mol. The number of ether oxygens (including phenoxy) is 1. The molecule has 2 heterocycles. The Labute approximate surface area is 141 Å². The standard InChI is InChI=1S/C18H24F2N2O2/c1-24-16-10-14(13-4-7-21-8-5-13)2-3-15(16)11-17(23)22-9-6-18(19,20)12-22/h2-3,10,13,21H,4-9,11-12H2,1H3. The van der Waals surface area contributed by atoms with Crippen molar-refractivity contribution in [2.75, 3.05) is 33.3 Å². The van der Waals surface area contributed by atoms with Crippen LogP contribution in [0.4, 0.5) is 8.78 Å². The van der Waals surface area contributed by atoms with Crippen LogP contribution in [-0.4, -0.2) is 50.0 Å². The van der Waals surface area contributed by atoms with E-state index in [-0.39, 0.29) is 25.3 Å². The van der Waals surface area contributed by atoms with Crippen molar-refractivity contribution in [3.05, 3.63) is 29.3 Å². The van der Waals surface area contributed by atoms with Gasteiger partial charge in [0.15, 0.2) is 0 Å². The predicted molar refractivity (Wildman–Crippen MR) is 87.7 cm³/mol.